The summed E-state index contributed by atoms with van der Waals surface area (Å²) >= 11 is 5.94. The van der Waals surface area contributed by atoms with E-state index in [2.05, 4.69) is 10.1 Å². The summed E-state index contributed by atoms with van der Waals surface area (Å²) in [6.45, 7) is 3.93. The van der Waals surface area contributed by atoms with Crippen LogP contribution in [0.15, 0.2) is 36.7 Å². The maximum atomic E-state index is 11.6. The van der Waals surface area contributed by atoms with Crippen molar-refractivity contribution in [2.75, 3.05) is 0 Å². The van der Waals surface area contributed by atoms with Crippen molar-refractivity contribution in [1.82, 2.24) is 14.8 Å². The summed E-state index contributed by atoms with van der Waals surface area (Å²) in [5.41, 5.74) is 0.818. The number of hydrogen-bond donors (Lipinski definition) is 0. The molecule has 6 heteroatoms. The Bertz CT molecular complexity index is 667. The fourth-order valence-electron chi connectivity index (χ4n) is 1.95. The Hall–Kier alpha value is -2.14. The summed E-state index contributed by atoms with van der Waals surface area (Å²) < 4.78 is 6.68. The van der Waals surface area contributed by atoms with Crippen LogP contribution >= 0.6 is 11.6 Å². The van der Waals surface area contributed by atoms with Crippen LogP contribution in [0, 0.1) is 0 Å². The van der Waals surface area contributed by atoms with Gasteiger partial charge in [0.05, 0.1) is 6.10 Å². The number of rotatable bonds is 6. The van der Waals surface area contributed by atoms with Crippen LogP contribution in [0.4, 0.5) is 0 Å². The Balaban J connectivity index is 2.00. The quantitative estimate of drug-likeness (QED) is 0.600. The van der Waals surface area contributed by atoms with Crippen molar-refractivity contribution in [3.8, 4) is 11.4 Å². The summed E-state index contributed by atoms with van der Waals surface area (Å²) in [4.78, 5) is 15.8. The van der Waals surface area contributed by atoms with E-state index in [-0.39, 0.29) is 12.1 Å². The number of nitrogens with zero attached hydrogens (tertiary/aromatic N) is 3. The minimum absolute atomic E-state index is 0.0834. The Labute approximate surface area is 134 Å². The van der Waals surface area contributed by atoms with Crippen molar-refractivity contribution in [2.45, 2.75) is 32.8 Å². The smallest absolute Gasteiger partial charge is 0.332 e. The molecule has 1 heterocycles. The third-order valence-corrected chi connectivity index (χ3v) is 3.20. The van der Waals surface area contributed by atoms with Gasteiger partial charge in [-0.1, -0.05) is 37.1 Å². The van der Waals surface area contributed by atoms with E-state index < -0.39 is 0 Å². The molecule has 1 unspecified atom stereocenters. The average Bonchev–Trinajstić information content (AvgIpc) is 2.94. The summed E-state index contributed by atoms with van der Waals surface area (Å²) in [6, 6.07) is 7.28. The van der Waals surface area contributed by atoms with Gasteiger partial charge in [0, 0.05) is 22.9 Å². The predicted molar refractivity (Wildman–Crippen MR) is 86.3 cm³/mol. The molecule has 2 aromatic rings. The van der Waals surface area contributed by atoms with Crippen LogP contribution in [0.25, 0.3) is 17.6 Å². The first-order valence-electron chi connectivity index (χ1n) is 7.14. The van der Waals surface area contributed by atoms with Crippen LogP contribution in [0.3, 0.4) is 0 Å². The van der Waals surface area contributed by atoms with Crippen LogP contribution in [0.2, 0.25) is 5.02 Å². The first-order chi connectivity index (χ1) is 10.6. The molecule has 0 amide bonds. The molecule has 0 saturated carbocycles. The van der Waals surface area contributed by atoms with Gasteiger partial charge in [-0.25, -0.2) is 14.5 Å². The standard InChI is InChI=1S/C16H18ClN3O2/c1-3-5-12(2)22-15(21)8-9-20-11-18-16(19-20)13-6-4-7-14(17)10-13/h4,6-12H,3,5H2,1-2H3. The Morgan fingerprint density at radius 2 is 2.32 bits per heavy atom. The predicted octanol–water partition coefficient (Wildman–Crippen LogP) is 3.80. The van der Waals surface area contributed by atoms with Gasteiger partial charge in [0.15, 0.2) is 5.82 Å². The number of esters is 1. The summed E-state index contributed by atoms with van der Waals surface area (Å²) in [6.07, 6.45) is 6.12. The topological polar surface area (TPSA) is 57.0 Å². The summed E-state index contributed by atoms with van der Waals surface area (Å²) in [7, 11) is 0. The number of aromatic nitrogens is 3. The van der Waals surface area contributed by atoms with Crippen molar-refractivity contribution in [3.05, 3.63) is 41.7 Å². The van der Waals surface area contributed by atoms with Gasteiger partial charge in [-0.2, -0.15) is 0 Å². The molecule has 116 valence electrons. The fraction of sp³-hybridized carbons (Fsp3) is 0.312. The monoisotopic (exact) mass is 319 g/mol. The molecule has 0 spiro atoms. The number of ether oxygens (including phenoxy) is 1. The maximum absolute atomic E-state index is 11.6. The summed E-state index contributed by atoms with van der Waals surface area (Å²) in [5.74, 6) is 0.153. The normalized spacial score (nSPS) is 12.5. The lowest BCUT2D eigenvalue weighted by Gasteiger charge is -2.09. The molecule has 0 aliphatic carbocycles. The summed E-state index contributed by atoms with van der Waals surface area (Å²) in [5, 5.41) is 4.88. The largest absolute Gasteiger partial charge is 0.459 e. The van der Waals surface area contributed by atoms with Gasteiger partial charge in [0.1, 0.15) is 6.33 Å². The van der Waals surface area contributed by atoms with E-state index in [1.165, 1.54) is 23.3 Å². The van der Waals surface area contributed by atoms with Gasteiger partial charge in [-0.05, 0) is 25.5 Å². The van der Waals surface area contributed by atoms with Crippen molar-refractivity contribution >= 4 is 23.8 Å². The van der Waals surface area contributed by atoms with Gasteiger partial charge < -0.3 is 4.74 Å². The molecule has 1 atom stereocenters. The fourth-order valence-corrected chi connectivity index (χ4v) is 2.14. The third kappa shape index (κ3) is 4.70. The zero-order valence-corrected chi connectivity index (χ0v) is 13.3. The zero-order valence-electron chi connectivity index (χ0n) is 12.6. The lowest BCUT2D eigenvalue weighted by Crippen LogP contribution is -2.12. The van der Waals surface area contributed by atoms with Crippen LogP contribution in [-0.2, 0) is 9.53 Å². The number of halogens is 1. The highest BCUT2D eigenvalue weighted by atomic mass is 35.5. The molecule has 0 radical (unpaired) electrons. The second-order valence-electron chi connectivity index (χ2n) is 4.91. The number of hydrogen-bond acceptors (Lipinski definition) is 4. The molecule has 22 heavy (non-hydrogen) atoms. The molecule has 0 bridgehead atoms. The lowest BCUT2D eigenvalue weighted by molar-refractivity contribution is -0.142. The lowest BCUT2D eigenvalue weighted by atomic mass is 10.2. The van der Waals surface area contributed by atoms with E-state index in [9.17, 15) is 4.79 Å². The molecule has 1 aromatic heterocycles. The molecule has 0 saturated heterocycles. The Morgan fingerprint density at radius 1 is 1.50 bits per heavy atom. The molecular formula is C16H18ClN3O2. The molecule has 0 aliphatic heterocycles. The highest BCUT2D eigenvalue weighted by Gasteiger charge is 2.06. The molecule has 5 nitrogen and oxygen atoms in total. The third-order valence-electron chi connectivity index (χ3n) is 2.97. The Morgan fingerprint density at radius 3 is 3.05 bits per heavy atom. The number of benzene rings is 1. The molecule has 0 aliphatic rings. The molecule has 2 rings (SSSR count). The van der Waals surface area contributed by atoms with Crippen molar-refractivity contribution < 1.29 is 9.53 Å². The van der Waals surface area contributed by atoms with Crippen LogP contribution < -0.4 is 0 Å². The SMILES string of the molecule is CCCC(C)OC(=O)C=Cn1cnc(-c2cccc(Cl)c2)n1. The van der Waals surface area contributed by atoms with E-state index in [0.29, 0.717) is 10.8 Å². The minimum Gasteiger partial charge on any atom is -0.459 e. The molecule has 1 aromatic carbocycles. The van der Waals surface area contributed by atoms with Crippen LogP contribution in [-0.4, -0.2) is 26.8 Å². The van der Waals surface area contributed by atoms with Crippen LogP contribution in [0.5, 0.6) is 0 Å². The highest BCUT2D eigenvalue weighted by molar-refractivity contribution is 6.30. The van der Waals surface area contributed by atoms with Crippen LogP contribution in [0.1, 0.15) is 26.7 Å². The number of carbonyl (C=O) groups is 1. The van der Waals surface area contributed by atoms with E-state index in [4.69, 9.17) is 16.3 Å². The molecule has 0 N–H and O–H groups in total. The Kier molecular flexibility index (Phi) is 5.72. The minimum atomic E-state index is -0.388. The van der Waals surface area contributed by atoms with Crippen molar-refractivity contribution in [1.29, 1.82) is 0 Å². The maximum Gasteiger partial charge on any atom is 0.332 e. The van der Waals surface area contributed by atoms with Gasteiger partial charge >= 0.3 is 5.97 Å². The molecule has 0 fully saturated rings. The van der Waals surface area contributed by atoms with Gasteiger partial charge in [0.25, 0.3) is 0 Å². The first-order valence-corrected chi connectivity index (χ1v) is 7.52. The highest BCUT2D eigenvalue weighted by Crippen LogP contribution is 2.18. The second-order valence-corrected chi connectivity index (χ2v) is 5.35. The van der Waals surface area contributed by atoms with Crippen molar-refractivity contribution in [3.63, 3.8) is 0 Å². The van der Waals surface area contributed by atoms with Crippen molar-refractivity contribution in [2.24, 2.45) is 0 Å². The zero-order chi connectivity index (χ0) is 15.9. The first kappa shape index (κ1) is 16.2. The van der Waals surface area contributed by atoms with Gasteiger partial charge in [-0.15, -0.1) is 5.10 Å². The molecular weight excluding hydrogens is 302 g/mol. The number of carbonyl (C=O) groups excluding carboxylic acids is 1. The van der Waals surface area contributed by atoms with Gasteiger partial charge in [-0.3, -0.25) is 0 Å². The van der Waals surface area contributed by atoms with E-state index in [1.807, 2.05) is 26.0 Å². The van der Waals surface area contributed by atoms with E-state index in [0.717, 1.165) is 18.4 Å². The van der Waals surface area contributed by atoms with E-state index in [1.54, 1.807) is 12.1 Å². The second kappa shape index (κ2) is 7.75. The van der Waals surface area contributed by atoms with Gasteiger partial charge in [0.2, 0.25) is 0 Å². The average molecular weight is 320 g/mol. The van der Waals surface area contributed by atoms with E-state index >= 15 is 0 Å².